The highest BCUT2D eigenvalue weighted by atomic mass is 16.5. The molecule has 0 amide bonds. The van der Waals surface area contributed by atoms with Crippen LogP contribution < -0.4 is 0 Å². The number of carbonyl (C=O) groups excluding carboxylic acids is 1. The Morgan fingerprint density at radius 1 is 1.20 bits per heavy atom. The third-order valence-corrected chi connectivity index (χ3v) is 5.08. The Labute approximate surface area is 121 Å². The van der Waals surface area contributed by atoms with E-state index in [4.69, 9.17) is 4.74 Å². The molecule has 1 fully saturated rings. The van der Waals surface area contributed by atoms with E-state index in [1.807, 2.05) is 6.07 Å². The molecule has 1 unspecified atom stereocenters. The van der Waals surface area contributed by atoms with E-state index in [0.717, 1.165) is 30.7 Å². The average molecular weight is 272 g/mol. The van der Waals surface area contributed by atoms with Crippen molar-refractivity contribution in [2.45, 2.75) is 51.6 Å². The van der Waals surface area contributed by atoms with E-state index < -0.39 is 0 Å². The van der Waals surface area contributed by atoms with E-state index in [9.17, 15) is 4.79 Å². The van der Waals surface area contributed by atoms with Gasteiger partial charge in [0, 0.05) is 5.92 Å². The molecule has 0 radical (unpaired) electrons. The minimum atomic E-state index is -0.303. The molecule has 2 heteroatoms. The fourth-order valence-corrected chi connectivity index (χ4v) is 3.70. The number of hydrogen-bond donors (Lipinski definition) is 0. The summed E-state index contributed by atoms with van der Waals surface area (Å²) in [6, 6.07) is 8.26. The second-order valence-corrected chi connectivity index (χ2v) is 6.23. The Bertz CT molecular complexity index is 472. The van der Waals surface area contributed by atoms with Gasteiger partial charge in [0.25, 0.3) is 0 Å². The smallest absolute Gasteiger partial charge is 0.169 e. The molecule has 2 aliphatic rings. The average Bonchev–Trinajstić information content (AvgIpc) is 2.54. The molecule has 3 rings (SSSR count). The van der Waals surface area contributed by atoms with Crippen LogP contribution in [-0.2, 0) is 16.0 Å². The normalized spacial score (nSPS) is 29.8. The van der Waals surface area contributed by atoms with E-state index in [0.29, 0.717) is 12.4 Å². The molecule has 0 spiro atoms. The number of carbonyl (C=O) groups is 1. The first-order chi connectivity index (χ1) is 9.79. The van der Waals surface area contributed by atoms with Gasteiger partial charge in [-0.15, -0.1) is 0 Å². The summed E-state index contributed by atoms with van der Waals surface area (Å²) in [5.41, 5.74) is 2.40. The standard InChI is InChI=1S/C18H24O2/c1-2-13-7-9-15(10-8-13)17(19)18-16-6-4-3-5-14(16)11-12-20-18/h3-6,13,15,18H,2,7-12H2,1H3. The van der Waals surface area contributed by atoms with Crippen molar-refractivity contribution in [1.29, 1.82) is 0 Å². The van der Waals surface area contributed by atoms with Crippen molar-refractivity contribution >= 4 is 5.78 Å². The van der Waals surface area contributed by atoms with Gasteiger partial charge >= 0.3 is 0 Å². The molecule has 1 atom stereocenters. The van der Waals surface area contributed by atoms with Gasteiger partial charge in [-0.2, -0.15) is 0 Å². The molecule has 1 aromatic rings. The first kappa shape index (κ1) is 13.8. The van der Waals surface area contributed by atoms with Crippen molar-refractivity contribution in [3.63, 3.8) is 0 Å². The number of ether oxygens (including phenoxy) is 1. The molecule has 1 saturated carbocycles. The molecule has 2 nitrogen and oxygen atoms in total. The summed E-state index contributed by atoms with van der Waals surface area (Å²) in [5.74, 6) is 1.37. The Balaban J connectivity index is 1.72. The SMILES string of the molecule is CCC1CCC(C(=O)C2OCCc3ccccc32)CC1. The summed E-state index contributed by atoms with van der Waals surface area (Å²) < 4.78 is 5.82. The molecular formula is C18H24O2. The van der Waals surface area contributed by atoms with Crippen LogP contribution in [0.25, 0.3) is 0 Å². The van der Waals surface area contributed by atoms with Gasteiger partial charge in [-0.25, -0.2) is 0 Å². The second kappa shape index (κ2) is 6.09. The van der Waals surface area contributed by atoms with Crippen LogP contribution in [0.4, 0.5) is 0 Å². The van der Waals surface area contributed by atoms with Gasteiger partial charge in [0.15, 0.2) is 5.78 Å². The summed E-state index contributed by atoms with van der Waals surface area (Å²) in [5, 5.41) is 0. The highest BCUT2D eigenvalue weighted by Gasteiger charge is 2.34. The fourth-order valence-electron chi connectivity index (χ4n) is 3.70. The number of benzene rings is 1. The van der Waals surface area contributed by atoms with Gasteiger partial charge in [0.05, 0.1) is 6.61 Å². The van der Waals surface area contributed by atoms with Gasteiger partial charge in [0.2, 0.25) is 0 Å². The summed E-state index contributed by atoms with van der Waals surface area (Å²) in [7, 11) is 0. The molecule has 0 bridgehead atoms. The van der Waals surface area contributed by atoms with Crippen molar-refractivity contribution in [1.82, 2.24) is 0 Å². The first-order valence-corrected chi connectivity index (χ1v) is 8.02. The maximum atomic E-state index is 12.8. The van der Waals surface area contributed by atoms with Gasteiger partial charge in [-0.05, 0) is 49.1 Å². The number of Topliss-reactive ketones (excluding diaryl/α,β-unsaturated/α-hetero) is 1. The van der Waals surface area contributed by atoms with Gasteiger partial charge in [-0.3, -0.25) is 4.79 Å². The van der Waals surface area contributed by atoms with Crippen LogP contribution in [0.1, 0.15) is 56.3 Å². The largest absolute Gasteiger partial charge is 0.365 e. The second-order valence-electron chi connectivity index (χ2n) is 6.23. The van der Waals surface area contributed by atoms with Gasteiger partial charge in [-0.1, -0.05) is 37.6 Å². The van der Waals surface area contributed by atoms with Crippen LogP contribution in [0.2, 0.25) is 0 Å². The van der Waals surface area contributed by atoms with E-state index in [1.165, 1.54) is 24.8 Å². The summed E-state index contributed by atoms with van der Waals surface area (Å²) >= 11 is 0. The van der Waals surface area contributed by atoms with Gasteiger partial charge in [0.1, 0.15) is 6.10 Å². The highest BCUT2D eigenvalue weighted by Crippen LogP contribution is 2.36. The van der Waals surface area contributed by atoms with Crippen LogP contribution in [0.5, 0.6) is 0 Å². The Kier molecular flexibility index (Phi) is 4.21. The quantitative estimate of drug-likeness (QED) is 0.828. The summed E-state index contributed by atoms with van der Waals surface area (Å²) in [6.45, 7) is 2.94. The lowest BCUT2D eigenvalue weighted by atomic mass is 9.77. The number of fused-ring (bicyclic) bond motifs is 1. The number of rotatable bonds is 3. The third kappa shape index (κ3) is 2.67. The Morgan fingerprint density at radius 2 is 1.95 bits per heavy atom. The Hall–Kier alpha value is -1.15. The maximum absolute atomic E-state index is 12.8. The molecular weight excluding hydrogens is 248 g/mol. The lowest BCUT2D eigenvalue weighted by molar-refractivity contribution is -0.137. The fraction of sp³-hybridized carbons (Fsp3) is 0.611. The van der Waals surface area contributed by atoms with Crippen LogP contribution in [-0.4, -0.2) is 12.4 Å². The van der Waals surface area contributed by atoms with E-state index in [1.54, 1.807) is 0 Å². The van der Waals surface area contributed by atoms with Gasteiger partial charge < -0.3 is 4.74 Å². The summed E-state index contributed by atoms with van der Waals surface area (Å²) in [4.78, 5) is 12.8. The lowest BCUT2D eigenvalue weighted by Crippen LogP contribution is -2.31. The number of hydrogen-bond acceptors (Lipinski definition) is 2. The maximum Gasteiger partial charge on any atom is 0.169 e. The van der Waals surface area contributed by atoms with Crippen molar-refractivity contribution < 1.29 is 9.53 Å². The number of ketones is 1. The van der Waals surface area contributed by atoms with Crippen LogP contribution in [0, 0.1) is 11.8 Å². The monoisotopic (exact) mass is 272 g/mol. The van der Waals surface area contributed by atoms with Crippen molar-refractivity contribution in [2.75, 3.05) is 6.61 Å². The molecule has 0 saturated heterocycles. The lowest BCUT2D eigenvalue weighted by Gasteiger charge is -2.32. The van der Waals surface area contributed by atoms with Crippen molar-refractivity contribution in [2.24, 2.45) is 11.8 Å². The van der Waals surface area contributed by atoms with E-state index >= 15 is 0 Å². The molecule has 0 N–H and O–H groups in total. The molecule has 1 heterocycles. The summed E-state index contributed by atoms with van der Waals surface area (Å²) in [6.07, 6.45) is 6.41. The first-order valence-electron chi connectivity index (χ1n) is 8.02. The minimum Gasteiger partial charge on any atom is -0.365 e. The molecule has 108 valence electrons. The minimum absolute atomic E-state index is 0.217. The predicted molar refractivity (Wildman–Crippen MR) is 79.6 cm³/mol. The van der Waals surface area contributed by atoms with Crippen molar-refractivity contribution in [3.8, 4) is 0 Å². The predicted octanol–water partition coefficient (Wildman–Crippen LogP) is 4.09. The molecule has 1 aliphatic heterocycles. The van der Waals surface area contributed by atoms with E-state index in [2.05, 4.69) is 25.1 Å². The molecule has 1 aromatic carbocycles. The van der Waals surface area contributed by atoms with Crippen LogP contribution in [0.3, 0.4) is 0 Å². The molecule has 1 aliphatic carbocycles. The topological polar surface area (TPSA) is 26.3 Å². The van der Waals surface area contributed by atoms with Crippen LogP contribution >= 0.6 is 0 Å². The molecule has 0 aromatic heterocycles. The Morgan fingerprint density at radius 3 is 2.70 bits per heavy atom. The van der Waals surface area contributed by atoms with Crippen LogP contribution in [0.15, 0.2) is 24.3 Å². The zero-order valence-electron chi connectivity index (χ0n) is 12.3. The molecule has 20 heavy (non-hydrogen) atoms. The highest BCUT2D eigenvalue weighted by molar-refractivity contribution is 5.87. The zero-order chi connectivity index (χ0) is 13.9. The third-order valence-electron chi connectivity index (χ3n) is 5.08. The van der Waals surface area contributed by atoms with E-state index in [-0.39, 0.29) is 12.0 Å². The van der Waals surface area contributed by atoms with Crippen molar-refractivity contribution in [3.05, 3.63) is 35.4 Å². The zero-order valence-corrected chi connectivity index (χ0v) is 12.3.